The lowest BCUT2D eigenvalue weighted by atomic mass is 9.96. The molecule has 200 valence electrons. The van der Waals surface area contributed by atoms with Gasteiger partial charge >= 0.3 is 0 Å². The second kappa shape index (κ2) is 12.2. The molecule has 3 aromatic rings. The molecule has 3 amide bonds. The predicted molar refractivity (Wildman–Crippen MR) is 154 cm³/mol. The van der Waals surface area contributed by atoms with Gasteiger partial charge in [0.2, 0.25) is 11.9 Å². The van der Waals surface area contributed by atoms with Crippen LogP contribution in [0.15, 0.2) is 65.7 Å². The van der Waals surface area contributed by atoms with Crippen molar-refractivity contribution in [2.45, 2.75) is 26.3 Å². The molecule has 0 atom stereocenters. The Morgan fingerprint density at radius 2 is 1.95 bits per heavy atom. The van der Waals surface area contributed by atoms with E-state index in [1.54, 1.807) is 18.3 Å². The van der Waals surface area contributed by atoms with Gasteiger partial charge in [-0.15, -0.1) is 0 Å². The first-order chi connectivity index (χ1) is 18.9. The molecular formula is C29H30N6O3S. The maximum Gasteiger partial charge on any atom is 0.290 e. The highest BCUT2D eigenvalue weighted by Crippen LogP contribution is 2.28. The van der Waals surface area contributed by atoms with Crippen molar-refractivity contribution >= 4 is 46.5 Å². The van der Waals surface area contributed by atoms with Gasteiger partial charge in [-0.25, -0.2) is 9.97 Å². The molecule has 2 aliphatic rings. The molecule has 3 N–H and O–H groups in total. The number of hydrogen-bond donors (Lipinski definition) is 3. The summed E-state index contributed by atoms with van der Waals surface area (Å²) in [5.41, 5.74) is 4.83. The second-order valence-electron chi connectivity index (χ2n) is 9.61. The van der Waals surface area contributed by atoms with Crippen LogP contribution >= 0.6 is 11.8 Å². The van der Waals surface area contributed by atoms with Crippen molar-refractivity contribution < 1.29 is 14.4 Å². The quantitative estimate of drug-likeness (QED) is 0.358. The first-order valence-electron chi connectivity index (χ1n) is 12.9. The van der Waals surface area contributed by atoms with E-state index < -0.39 is 0 Å². The van der Waals surface area contributed by atoms with Gasteiger partial charge in [-0.3, -0.25) is 19.7 Å². The molecule has 39 heavy (non-hydrogen) atoms. The zero-order valence-corrected chi connectivity index (χ0v) is 22.5. The van der Waals surface area contributed by atoms with E-state index in [0.29, 0.717) is 22.5 Å². The number of imide groups is 1. The van der Waals surface area contributed by atoms with Gasteiger partial charge in [0, 0.05) is 38.4 Å². The highest BCUT2D eigenvalue weighted by molar-refractivity contribution is 8.18. The van der Waals surface area contributed by atoms with Crippen LogP contribution in [0.5, 0.6) is 0 Å². The summed E-state index contributed by atoms with van der Waals surface area (Å²) in [6.07, 6.45) is 5.36. The summed E-state index contributed by atoms with van der Waals surface area (Å²) in [4.78, 5) is 46.3. The Kier molecular flexibility index (Phi) is 8.33. The minimum Gasteiger partial charge on any atom is -0.341 e. The Labute approximate surface area is 231 Å². The SMILES string of the molecule is CC(=O)Nc1cccc(-c2ccccc2CNCC2CCN(c3nccc(/C=C4\SC(=O)NC4=O)n3)CC2)c1. The van der Waals surface area contributed by atoms with Gasteiger partial charge in [-0.2, -0.15) is 0 Å². The Bertz CT molecular complexity index is 1420. The highest BCUT2D eigenvalue weighted by atomic mass is 32.2. The number of nitrogens with one attached hydrogen (secondary N) is 3. The Balaban J connectivity index is 1.14. The normalized spacial score (nSPS) is 16.9. The minimum atomic E-state index is -0.389. The summed E-state index contributed by atoms with van der Waals surface area (Å²) < 4.78 is 0. The lowest BCUT2D eigenvalue weighted by Crippen LogP contribution is -2.38. The number of thioether (sulfide) groups is 1. The zero-order chi connectivity index (χ0) is 27.2. The van der Waals surface area contributed by atoms with E-state index in [-0.39, 0.29) is 17.1 Å². The molecule has 0 radical (unpaired) electrons. The van der Waals surface area contributed by atoms with Crippen LogP contribution < -0.4 is 20.9 Å². The average molecular weight is 543 g/mol. The van der Waals surface area contributed by atoms with Crippen LogP contribution in [0.4, 0.5) is 16.4 Å². The zero-order valence-electron chi connectivity index (χ0n) is 21.6. The first-order valence-corrected chi connectivity index (χ1v) is 13.8. The van der Waals surface area contributed by atoms with Gasteiger partial charge in [0.1, 0.15) is 0 Å². The molecule has 0 unspecified atom stereocenters. The number of benzene rings is 2. The van der Waals surface area contributed by atoms with Gasteiger partial charge in [0.25, 0.3) is 11.1 Å². The number of aromatic nitrogens is 2. The predicted octanol–water partition coefficient (Wildman–Crippen LogP) is 4.43. The number of anilines is 2. The van der Waals surface area contributed by atoms with Crippen LogP contribution in [-0.4, -0.2) is 46.7 Å². The lowest BCUT2D eigenvalue weighted by molar-refractivity contribution is -0.115. The summed E-state index contributed by atoms with van der Waals surface area (Å²) in [5, 5.41) is 8.40. The molecule has 2 saturated heterocycles. The smallest absolute Gasteiger partial charge is 0.290 e. The second-order valence-corrected chi connectivity index (χ2v) is 10.6. The van der Waals surface area contributed by atoms with Crippen LogP contribution in [-0.2, 0) is 16.1 Å². The van der Waals surface area contributed by atoms with E-state index in [2.05, 4.69) is 55.1 Å². The molecule has 0 bridgehead atoms. The van der Waals surface area contributed by atoms with Crippen LogP contribution in [0.25, 0.3) is 17.2 Å². The van der Waals surface area contributed by atoms with Crippen LogP contribution in [0.2, 0.25) is 0 Å². The number of nitrogens with zero attached hydrogens (tertiary/aromatic N) is 3. The number of piperidine rings is 1. The monoisotopic (exact) mass is 542 g/mol. The number of amides is 3. The lowest BCUT2D eigenvalue weighted by Gasteiger charge is -2.32. The summed E-state index contributed by atoms with van der Waals surface area (Å²) in [6.45, 7) is 4.90. The van der Waals surface area contributed by atoms with E-state index in [9.17, 15) is 14.4 Å². The fraction of sp³-hybridized carbons (Fsp3) is 0.276. The number of carbonyl (C=O) groups is 3. The maximum atomic E-state index is 11.8. The van der Waals surface area contributed by atoms with Gasteiger partial charge in [0.15, 0.2) is 0 Å². The van der Waals surface area contributed by atoms with E-state index in [1.807, 2.05) is 24.3 Å². The van der Waals surface area contributed by atoms with E-state index in [1.165, 1.54) is 12.5 Å². The molecule has 1 aromatic heterocycles. The van der Waals surface area contributed by atoms with Crippen molar-refractivity contribution in [2.75, 3.05) is 29.9 Å². The molecular weight excluding hydrogens is 512 g/mol. The molecule has 2 aliphatic heterocycles. The molecule has 9 nitrogen and oxygen atoms in total. The summed E-state index contributed by atoms with van der Waals surface area (Å²) in [7, 11) is 0. The molecule has 10 heteroatoms. The van der Waals surface area contributed by atoms with Crippen LogP contribution in [0.3, 0.4) is 0 Å². The van der Waals surface area contributed by atoms with Gasteiger partial charge in [0.05, 0.1) is 10.6 Å². The van der Waals surface area contributed by atoms with Crippen LogP contribution in [0.1, 0.15) is 31.0 Å². The summed E-state index contributed by atoms with van der Waals surface area (Å²) in [6, 6.07) is 18.0. The Morgan fingerprint density at radius 1 is 1.13 bits per heavy atom. The molecule has 0 spiro atoms. The van der Waals surface area contributed by atoms with E-state index in [0.717, 1.165) is 67.6 Å². The van der Waals surface area contributed by atoms with E-state index in [4.69, 9.17) is 0 Å². The number of carbonyl (C=O) groups excluding carboxylic acids is 3. The minimum absolute atomic E-state index is 0.0837. The topological polar surface area (TPSA) is 116 Å². The van der Waals surface area contributed by atoms with Crippen molar-refractivity contribution in [3.05, 3.63) is 77.0 Å². The van der Waals surface area contributed by atoms with Crippen molar-refractivity contribution in [1.29, 1.82) is 0 Å². The standard InChI is InChI=1S/C29H30N6O3S/c1-19(36)32-23-7-4-6-21(15-23)25-8-3-2-5-22(25)18-30-17-20-10-13-35(14-11-20)28-31-12-9-24(33-28)16-26-27(37)34-29(38)39-26/h2-9,12,15-16,20,30H,10-11,13-14,17-18H2,1H3,(H,32,36)(H,34,37,38)/b26-16-. The fourth-order valence-corrected chi connectivity index (χ4v) is 5.49. The number of hydrogen-bond acceptors (Lipinski definition) is 8. The number of rotatable bonds is 8. The maximum absolute atomic E-state index is 11.8. The van der Waals surface area contributed by atoms with Crippen LogP contribution in [0, 0.1) is 5.92 Å². The van der Waals surface area contributed by atoms with Crippen molar-refractivity contribution in [3.63, 3.8) is 0 Å². The van der Waals surface area contributed by atoms with Gasteiger partial charge < -0.3 is 15.5 Å². The summed E-state index contributed by atoms with van der Waals surface area (Å²) in [5.74, 6) is 0.714. The molecule has 5 rings (SSSR count). The van der Waals surface area contributed by atoms with Crippen molar-refractivity contribution in [1.82, 2.24) is 20.6 Å². The van der Waals surface area contributed by atoms with Crippen molar-refractivity contribution in [2.24, 2.45) is 5.92 Å². The third-order valence-electron chi connectivity index (χ3n) is 6.74. The Hall–Kier alpha value is -4.02. The van der Waals surface area contributed by atoms with Crippen molar-refractivity contribution in [3.8, 4) is 11.1 Å². The molecule has 3 heterocycles. The molecule has 2 aromatic carbocycles. The third kappa shape index (κ3) is 6.90. The Morgan fingerprint density at radius 3 is 2.72 bits per heavy atom. The molecule has 0 aliphatic carbocycles. The third-order valence-corrected chi connectivity index (χ3v) is 7.55. The van der Waals surface area contributed by atoms with Gasteiger partial charge in [-0.1, -0.05) is 36.4 Å². The van der Waals surface area contributed by atoms with E-state index >= 15 is 0 Å². The molecule has 2 fully saturated rings. The fourth-order valence-electron chi connectivity index (χ4n) is 4.82. The summed E-state index contributed by atoms with van der Waals surface area (Å²) >= 11 is 0.884. The highest BCUT2D eigenvalue weighted by Gasteiger charge is 2.26. The first kappa shape index (κ1) is 26.6. The van der Waals surface area contributed by atoms with Gasteiger partial charge in [-0.05, 0) is 78.0 Å². The largest absolute Gasteiger partial charge is 0.341 e. The molecule has 0 saturated carbocycles. The average Bonchev–Trinajstić information content (AvgIpc) is 3.25.